The molecule has 0 radical (unpaired) electrons. The summed E-state index contributed by atoms with van der Waals surface area (Å²) in [6.07, 6.45) is 3.25. The highest BCUT2D eigenvalue weighted by Crippen LogP contribution is 2.24. The van der Waals surface area contributed by atoms with E-state index in [2.05, 4.69) is 5.32 Å². The molecule has 0 heterocycles. The van der Waals surface area contributed by atoms with Crippen molar-refractivity contribution in [1.82, 2.24) is 0 Å². The minimum Gasteiger partial charge on any atom is -0.328 e. The SMILES string of the molecule is Cl.NC1CCCC(C(=O)Nc2cc(F)cc(F)c2)C1. The van der Waals surface area contributed by atoms with E-state index in [0.29, 0.717) is 6.42 Å². The van der Waals surface area contributed by atoms with Crippen molar-refractivity contribution in [3.63, 3.8) is 0 Å². The van der Waals surface area contributed by atoms with Crippen molar-refractivity contribution >= 4 is 24.0 Å². The predicted molar refractivity (Wildman–Crippen MR) is 72.2 cm³/mol. The van der Waals surface area contributed by atoms with Gasteiger partial charge in [0, 0.05) is 23.7 Å². The van der Waals surface area contributed by atoms with Crippen molar-refractivity contribution in [2.75, 3.05) is 5.32 Å². The number of halogens is 3. The van der Waals surface area contributed by atoms with E-state index in [-0.39, 0.29) is 36.0 Å². The molecule has 3 N–H and O–H groups in total. The van der Waals surface area contributed by atoms with Gasteiger partial charge in [0.15, 0.2) is 0 Å². The number of carbonyl (C=O) groups excluding carboxylic acids is 1. The molecule has 6 heteroatoms. The summed E-state index contributed by atoms with van der Waals surface area (Å²) in [4.78, 5) is 11.9. The van der Waals surface area contributed by atoms with Gasteiger partial charge in [0.2, 0.25) is 5.91 Å². The monoisotopic (exact) mass is 290 g/mol. The molecule has 19 heavy (non-hydrogen) atoms. The number of nitrogens with one attached hydrogen (secondary N) is 1. The Morgan fingerprint density at radius 2 is 1.84 bits per heavy atom. The van der Waals surface area contributed by atoms with Gasteiger partial charge in [-0.2, -0.15) is 0 Å². The lowest BCUT2D eigenvalue weighted by Crippen LogP contribution is -2.34. The fraction of sp³-hybridized carbons (Fsp3) is 0.462. The summed E-state index contributed by atoms with van der Waals surface area (Å²) in [7, 11) is 0. The lowest BCUT2D eigenvalue weighted by molar-refractivity contribution is -0.120. The first-order valence-corrected chi connectivity index (χ1v) is 6.07. The second-order valence-corrected chi connectivity index (χ2v) is 4.77. The second kappa shape index (κ2) is 6.82. The first-order valence-electron chi connectivity index (χ1n) is 6.07. The van der Waals surface area contributed by atoms with Gasteiger partial charge in [-0.25, -0.2) is 8.78 Å². The van der Waals surface area contributed by atoms with Gasteiger partial charge in [-0.05, 0) is 31.4 Å². The normalized spacial score (nSPS) is 22.5. The van der Waals surface area contributed by atoms with E-state index in [1.165, 1.54) is 0 Å². The Bertz CT molecular complexity index is 436. The van der Waals surface area contributed by atoms with E-state index in [0.717, 1.165) is 37.5 Å². The minimum absolute atomic E-state index is 0. The topological polar surface area (TPSA) is 55.1 Å². The zero-order valence-corrected chi connectivity index (χ0v) is 11.2. The summed E-state index contributed by atoms with van der Waals surface area (Å²) in [6.45, 7) is 0. The summed E-state index contributed by atoms with van der Waals surface area (Å²) >= 11 is 0. The van der Waals surface area contributed by atoms with Crippen LogP contribution in [0.2, 0.25) is 0 Å². The summed E-state index contributed by atoms with van der Waals surface area (Å²) in [5.74, 6) is -1.79. The average Bonchev–Trinajstić information content (AvgIpc) is 2.27. The summed E-state index contributed by atoms with van der Waals surface area (Å²) in [5, 5.41) is 2.54. The molecule has 0 spiro atoms. The Morgan fingerprint density at radius 1 is 1.21 bits per heavy atom. The van der Waals surface area contributed by atoms with E-state index < -0.39 is 11.6 Å². The van der Waals surface area contributed by atoms with Crippen LogP contribution < -0.4 is 11.1 Å². The van der Waals surface area contributed by atoms with Gasteiger partial charge in [0.25, 0.3) is 0 Å². The zero-order valence-electron chi connectivity index (χ0n) is 10.4. The van der Waals surface area contributed by atoms with Crippen molar-refractivity contribution in [2.45, 2.75) is 31.7 Å². The molecule has 1 amide bonds. The first kappa shape index (κ1) is 15.9. The Hall–Kier alpha value is -1.20. The van der Waals surface area contributed by atoms with Crippen LogP contribution >= 0.6 is 12.4 Å². The molecule has 0 saturated heterocycles. The van der Waals surface area contributed by atoms with Crippen LogP contribution in [0.5, 0.6) is 0 Å². The van der Waals surface area contributed by atoms with Crippen LogP contribution in [-0.4, -0.2) is 11.9 Å². The smallest absolute Gasteiger partial charge is 0.227 e. The average molecular weight is 291 g/mol. The number of benzene rings is 1. The lowest BCUT2D eigenvalue weighted by atomic mass is 9.85. The third-order valence-corrected chi connectivity index (χ3v) is 3.22. The molecule has 2 rings (SSSR count). The number of anilines is 1. The molecule has 1 aliphatic carbocycles. The van der Waals surface area contributed by atoms with E-state index in [1.807, 2.05) is 0 Å². The van der Waals surface area contributed by atoms with Crippen molar-refractivity contribution in [2.24, 2.45) is 11.7 Å². The number of rotatable bonds is 2. The summed E-state index contributed by atoms with van der Waals surface area (Å²) in [5.41, 5.74) is 5.95. The molecule has 0 aliphatic heterocycles. The molecule has 3 nitrogen and oxygen atoms in total. The molecule has 2 unspecified atom stereocenters. The quantitative estimate of drug-likeness (QED) is 0.880. The maximum Gasteiger partial charge on any atom is 0.227 e. The molecule has 106 valence electrons. The third kappa shape index (κ3) is 4.44. The van der Waals surface area contributed by atoms with Crippen molar-refractivity contribution in [3.8, 4) is 0 Å². The number of hydrogen-bond donors (Lipinski definition) is 2. The summed E-state index contributed by atoms with van der Waals surface area (Å²) in [6, 6.07) is 3.01. The molecule has 1 saturated carbocycles. The Balaban J connectivity index is 0.00000180. The maximum atomic E-state index is 13.0. The van der Waals surface area contributed by atoms with Crippen molar-refractivity contribution < 1.29 is 13.6 Å². The standard InChI is InChI=1S/C13H16F2N2O.ClH/c14-9-5-10(15)7-12(6-9)17-13(18)8-2-1-3-11(16)4-8;/h5-8,11H,1-4,16H2,(H,17,18);1H. The molecule has 2 atom stereocenters. The molecule has 1 fully saturated rings. The van der Waals surface area contributed by atoms with Crippen LogP contribution in [0.4, 0.5) is 14.5 Å². The molecule has 1 aromatic rings. The van der Waals surface area contributed by atoms with Gasteiger partial charge in [-0.3, -0.25) is 4.79 Å². The molecule has 0 bridgehead atoms. The van der Waals surface area contributed by atoms with Gasteiger partial charge in [-0.1, -0.05) is 6.42 Å². The fourth-order valence-corrected chi connectivity index (χ4v) is 2.34. The number of carbonyl (C=O) groups is 1. The molecule has 1 aromatic carbocycles. The Labute approximate surface area is 117 Å². The predicted octanol–water partition coefficient (Wildman–Crippen LogP) is 2.84. The van der Waals surface area contributed by atoms with Gasteiger partial charge < -0.3 is 11.1 Å². The van der Waals surface area contributed by atoms with Gasteiger partial charge in [0.1, 0.15) is 11.6 Å². The molecule has 1 aliphatic rings. The van der Waals surface area contributed by atoms with Crippen molar-refractivity contribution in [1.29, 1.82) is 0 Å². The summed E-state index contributed by atoms with van der Waals surface area (Å²) < 4.78 is 25.9. The van der Waals surface area contributed by atoms with Crippen LogP contribution in [0.15, 0.2) is 18.2 Å². The highest BCUT2D eigenvalue weighted by atomic mass is 35.5. The van der Waals surface area contributed by atoms with Crippen LogP contribution in [0, 0.1) is 17.6 Å². The fourth-order valence-electron chi connectivity index (χ4n) is 2.34. The van der Waals surface area contributed by atoms with E-state index >= 15 is 0 Å². The lowest BCUT2D eigenvalue weighted by Gasteiger charge is -2.25. The zero-order chi connectivity index (χ0) is 13.1. The van der Waals surface area contributed by atoms with Crippen LogP contribution in [0.25, 0.3) is 0 Å². The van der Waals surface area contributed by atoms with E-state index in [4.69, 9.17) is 5.73 Å². The number of amides is 1. The largest absolute Gasteiger partial charge is 0.328 e. The van der Waals surface area contributed by atoms with E-state index in [1.54, 1.807) is 0 Å². The maximum absolute atomic E-state index is 13.0. The van der Waals surface area contributed by atoms with Gasteiger partial charge in [0.05, 0.1) is 0 Å². The number of hydrogen-bond acceptors (Lipinski definition) is 2. The Morgan fingerprint density at radius 3 is 2.42 bits per heavy atom. The molecular formula is C13H17ClF2N2O. The minimum atomic E-state index is -0.703. The molecular weight excluding hydrogens is 274 g/mol. The van der Waals surface area contributed by atoms with Gasteiger partial charge in [-0.15, -0.1) is 12.4 Å². The van der Waals surface area contributed by atoms with Crippen LogP contribution in [0.1, 0.15) is 25.7 Å². The van der Waals surface area contributed by atoms with Crippen LogP contribution in [0.3, 0.4) is 0 Å². The first-order chi connectivity index (χ1) is 8.54. The Kier molecular flexibility index (Phi) is 5.69. The second-order valence-electron chi connectivity index (χ2n) is 4.77. The highest BCUT2D eigenvalue weighted by molar-refractivity contribution is 5.92. The third-order valence-electron chi connectivity index (χ3n) is 3.22. The van der Waals surface area contributed by atoms with E-state index in [9.17, 15) is 13.6 Å². The highest BCUT2D eigenvalue weighted by Gasteiger charge is 2.25. The molecule has 0 aromatic heterocycles. The van der Waals surface area contributed by atoms with Crippen molar-refractivity contribution in [3.05, 3.63) is 29.8 Å². The van der Waals surface area contributed by atoms with Crippen LogP contribution in [-0.2, 0) is 4.79 Å². The van der Waals surface area contributed by atoms with Gasteiger partial charge >= 0.3 is 0 Å². The number of nitrogens with two attached hydrogens (primary N) is 1.